The molecule has 0 unspecified atom stereocenters. The number of hydrogen-bond donors (Lipinski definition) is 0. The predicted molar refractivity (Wildman–Crippen MR) is 131 cm³/mol. The Balaban J connectivity index is 1.67. The van der Waals surface area contributed by atoms with Crippen LogP contribution in [0.4, 0.5) is 5.69 Å². The van der Waals surface area contributed by atoms with E-state index in [9.17, 15) is 14.9 Å². The summed E-state index contributed by atoms with van der Waals surface area (Å²) >= 11 is 1.54. The largest absolute Gasteiger partial charge is 0.308 e. The Morgan fingerprint density at radius 2 is 1.91 bits per heavy atom. The highest BCUT2D eigenvalue weighted by molar-refractivity contribution is 7.15. The Morgan fingerprint density at radius 1 is 1.19 bits per heavy atom. The van der Waals surface area contributed by atoms with Crippen molar-refractivity contribution in [2.45, 2.75) is 96.9 Å². The SMILES string of the molecule is CC1CCC(C(=O)N(c2cc(C3=CCCCC3)sc2C=O)C2CCC(C)(C#N)CC2)CC1. The molecule has 0 radical (unpaired) electrons. The number of nitriles is 1. The Kier molecular flexibility index (Phi) is 7.20. The number of amides is 1. The first-order valence-corrected chi connectivity index (χ1v) is 13.3. The number of rotatable bonds is 5. The lowest BCUT2D eigenvalue weighted by molar-refractivity contribution is -0.124. The molecule has 172 valence electrons. The number of carbonyl (C=O) groups excluding carboxylic acids is 2. The van der Waals surface area contributed by atoms with Gasteiger partial charge in [0.25, 0.3) is 0 Å². The van der Waals surface area contributed by atoms with Crippen molar-refractivity contribution >= 4 is 34.8 Å². The topological polar surface area (TPSA) is 61.2 Å². The smallest absolute Gasteiger partial charge is 0.230 e. The van der Waals surface area contributed by atoms with E-state index in [4.69, 9.17) is 0 Å². The lowest BCUT2D eigenvalue weighted by Gasteiger charge is -2.41. The Labute approximate surface area is 196 Å². The Morgan fingerprint density at radius 3 is 2.50 bits per heavy atom. The summed E-state index contributed by atoms with van der Waals surface area (Å²) in [6.45, 7) is 4.31. The van der Waals surface area contributed by atoms with Gasteiger partial charge in [0, 0.05) is 16.8 Å². The van der Waals surface area contributed by atoms with Gasteiger partial charge in [-0.1, -0.05) is 13.0 Å². The van der Waals surface area contributed by atoms with Crippen molar-refractivity contribution in [1.29, 1.82) is 5.26 Å². The standard InChI is InChI=1S/C27H36N2O2S/c1-19-8-10-21(11-9-19)26(31)29(22-12-14-27(2,18-28)15-13-22)23-16-24(32-25(23)17-30)20-6-4-3-5-7-20/h6,16-17,19,21-22H,3-5,7-15H2,1-2H3. The maximum absolute atomic E-state index is 13.9. The van der Waals surface area contributed by atoms with Crippen LogP contribution in [-0.2, 0) is 4.79 Å². The predicted octanol–water partition coefficient (Wildman–Crippen LogP) is 7.15. The highest BCUT2D eigenvalue weighted by atomic mass is 32.1. The van der Waals surface area contributed by atoms with E-state index in [-0.39, 0.29) is 23.3 Å². The molecule has 0 bridgehead atoms. The third kappa shape index (κ3) is 4.86. The maximum atomic E-state index is 13.9. The highest BCUT2D eigenvalue weighted by Gasteiger charge is 2.39. The third-order valence-electron chi connectivity index (χ3n) is 8.01. The van der Waals surface area contributed by atoms with Crippen molar-refractivity contribution in [3.05, 3.63) is 21.9 Å². The van der Waals surface area contributed by atoms with E-state index in [1.165, 1.54) is 18.4 Å². The van der Waals surface area contributed by atoms with Gasteiger partial charge < -0.3 is 4.90 Å². The van der Waals surface area contributed by atoms with Gasteiger partial charge in [0.15, 0.2) is 6.29 Å². The summed E-state index contributed by atoms with van der Waals surface area (Å²) < 4.78 is 0. The van der Waals surface area contributed by atoms with Crippen LogP contribution in [0.1, 0.15) is 105 Å². The van der Waals surface area contributed by atoms with Gasteiger partial charge in [-0.2, -0.15) is 5.26 Å². The molecule has 5 heteroatoms. The minimum absolute atomic E-state index is 0.0484. The van der Waals surface area contributed by atoms with Gasteiger partial charge in [0.1, 0.15) is 0 Å². The van der Waals surface area contributed by atoms with Crippen LogP contribution in [0.15, 0.2) is 12.1 Å². The molecule has 0 saturated heterocycles. The molecule has 0 atom stereocenters. The molecule has 4 rings (SSSR count). The number of carbonyl (C=O) groups is 2. The molecule has 1 heterocycles. The van der Waals surface area contributed by atoms with Gasteiger partial charge in [-0.15, -0.1) is 11.3 Å². The fraction of sp³-hybridized carbons (Fsp3) is 0.667. The van der Waals surface area contributed by atoms with Gasteiger partial charge in [-0.05, 0) is 102 Å². The zero-order valence-electron chi connectivity index (χ0n) is 19.6. The summed E-state index contributed by atoms with van der Waals surface area (Å²) in [5.74, 6) is 0.940. The zero-order chi connectivity index (χ0) is 22.7. The second-order valence-corrected chi connectivity index (χ2v) is 11.6. The van der Waals surface area contributed by atoms with Gasteiger partial charge in [-0.25, -0.2) is 0 Å². The monoisotopic (exact) mass is 452 g/mol. The summed E-state index contributed by atoms with van der Waals surface area (Å²) in [5, 5.41) is 9.58. The molecule has 3 aliphatic rings. The summed E-state index contributed by atoms with van der Waals surface area (Å²) in [6.07, 6.45) is 15.2. The molecule has 2 fully saturated rings. The van der Waals surface area contributed by atoms with Gasteiger partial charge in [-0.3, -0.25) is 9.59 Å². The molecular formula is C27H36N2O2S. The van der Waals surface area contributed by atoms with Crippen LogP contribution >= 0.6 is 11.3 Å². The minimum Gasteiger partial charge on any atom is -0.308 e. The third-order valence-corrected chi connectivity index (χ3v) is 9.14. The van der Waals surface area contributed by atoms with Crippen LogP contribution in [0.3, 0.4) is 0 Å². The summed E-state index contributed by atoms with van der Waals surface area (Å²) in [7, 11) is 0. The molecule has 1 aromatic heterocycles. The van der Waals surface area contributed by atoms with E-state index >= 15 is 0 Å². The number of hydrogen-bond acceptors (Lipinski definition) is 4. The molecular weight excluding hydrogens is 416 g/mol. The first kappa shape index (κ1) is 23.2. The van der Waals surface area contributed by atoms with Crippen LogP contribution in [-0.4, -0.2) is 18.2 Å². The second kappa shape index (κ2) is 9.91. The molecule has 4 nitrogen and oxygen atoms in total. The lowest BCUT2D eigenvalue weighted by atomic mass is 9.74. The van der Waals surface area contributed by atoms with E-state index in [1.807, 2.05) is 11.8 Å². The fourth-order valence-electron chi connectivity index (χ4n) is 5.70. The number of anilines is 1. The Hall–Kier alpha value is -1.93. The molecule has 0 aliphatic heterocycles. The average Bonchev–Trinajstić information content (AvgIpc) is 3.25. The van der Waals surface area contributed by atoms with E-state index < -0.39 is 0 Å². The summed E-state index contributed by atoms with van der Waals surface area (Å²) in [4.78, 5) is 29.9. The number of nitrogens with zero attached hydrogens (tertiary/aromatic N) is 2. The number of thiophene rings is 1. The second-order valence-electron chi connectivity index (χ2n) is 10.5. The van der Waals surface area contributed by atoms with Crippen molar-refractivity contribution in [2.24, 2.45) is 17.3 Å². The van der Waals surface area contributed by atoms with Crippen LogP contribution < -0.4 is 4.90 Å². The normalized spacial score (nSPS) is 30.8. The van der Waals surface area contributed by atoms with Gasteiger partial charge >= 0.3 is 0 Å². The zero-order valence-corrected chi connectivity index (χ0v) is 20.4. The van der Waals surface area contributed by atoms with Crippen molar-refractivity contribution in [1.82, 2.24) is 0 Å². The van der Waals surface area contributed by atoms with Crippen molar-refractivity contribution in [3.63, 3.8) is 0 Å². The van der Waals surface area contributed by atoms with Crippen molar-refractivity contribution < 1.29 is 9.59 Å². The van der Waals surface area contributed by atoms with E-state index in [0.29, 0.717) is 10.8 Å². The van der Waals surface area contributed by atoms with E-state index in [1.54, 1.807) is 11.3 Å². The minimum atomic E-state index is -0.300. The highest BCUT2D eigenvalue weighted by Crippen LogP contribution is 2.43. The lowest BCUT2D eigenvalue weighted by Crippen LogP contribution is -2.47. The number of allylic oxidation sites excluding steroid dienone is 2. The van der Waals surface area contributed by atoms with Crippen LogP contribution in [0.25, 0.3) is 5.57 Å². The molecule has 0 N–H and O–H groups in total. The van der Waals surface area contributed by atoms with E-state index in [2.05, 4.69) is 25.1 Å². The quantitative estimate of drug-likeness (QED) is 0.446. The molecule has 1 aromatic rings. The van der Waals surface area contributed by atoms with Crippen LogP contribution in [0.2, 0.25) is 0 Å². The first-order chi connectivity index (χ1) is 15.4. The van der Waals surface area contributed by atoms with E-state index in [0.717, 1.165) is 81.1 Å². The van der Waals surface area contributed by atoms with Crippen LogP contribution in [0.5, 0.6) is 0 Å². The molecule has 0 spiro atoms. The molecule has 1 amide bonds. The van der Waals surface area contributed by atoms with Crippen molar-refractivity contribution in [3.8, 4) is 6.07 Å². The fourth-order valence-corrected chi connectivity index (χ4v) is 6.73. The molecule has 0 aromatic carbocycles. The summed E-state index contributed by atoms with van der Waals surface area (Å²) in [5.41, 5.74) is 1.85. The molecule has 32 heavy (non-hydrogen) atoms. The van der Waals surface area contributed by atoms with Crippen molar-refractivity contribution in [2.75, 3.05) is 4.90 Å². The number of aldehydes is 1. The van der Waals surface area contributed by atoms with Gasteiger partial charge in [0.05, 0.1) is 22.0 Å². The van der Waals surface area contributed by atoms with Gasteiger partial charge in [0.2, 0.25) is 5.91 Å². The Bertz CT molecular complexity index is 909. The van der Waals surface area contributed by atoms with Crippen LogP contribution in [0, 0.1) is 28.6 Å². The molecule has 3 aliphatic carbocycles. The first-order valence-electron chi connectivity index (χ1n) is 12.5. The maximum Gasteiger partial charge on any atom is 0.230 e. The average molecular weight is 453 g/mol. The summed E-state index contributed by atoms with van der Waals surface area (Å²) in [6, 6.07) is 4.67. The molecule has 2 saturated carbocycles.